The van der Waals surface area contributed by atoms with E-state index < -0.39 is 19.1 Å². The lowest BCUT2D eigenvalue weighted by Gasteiger charge is -2.11. The predicted molar refractivity (Wildman–Crippen MR) is 108 cm³/mol. The van der Waals surface area contributed by atoms with Crippen molar-refractivity contribution >= 4 is 57.6 Å². The smallest absolute Gasteiger partial charge is 0.261 e. The molecule has 0 aromatic heterocycles. The first-order valence-corrected chi connectivity index (χ1v) is 11.9. The van der Waals surface area contributed by atoms with Crippen LogP contribution in [0.4, 0.5) is 17.1 Å². The van der Waals surface area contributed by atoms with Crippen LogP contribution < -0.4 is 4.72 Å². The highest BCUT2D eigenvalue weighted by Crippen LogP contribution is 2.38. The first-order valence-electron chi connectivity index (χ1n) is 7.73. The maximum atomic E-state index is 11.7. The third kappa shape index (κ3) is 4.58. The maximum absolute atomic E-state index is 11.7. The summed E-state index contributed by atoms with van der Waals surface area (Å²) in [6.07, 6.45) is 1.01. The molecule has 3 aromatic carbocycles. The van der Waals surface area contributed by atoms with E-state index in [2.05, 4.69) is 15.0 Å². The van der Waals surface area contributed by atoms with E-state index in [9.17, 15) is 21.9 Å². The number of azo groups is 1. The molecule has 0 aliphatic carbocycles. The van der Waals surface area contributed by atoms with Gasteiger partial charge in [-0.15, -0.1) is 5.11 Å². The average molecular weight is 440 g/mol. The summed E-state index contributed by atoms with van der Waals surface area (Å²) in [6.45, 7) is 0. The standard InChI is InChI=1S/C17H14ClN3O5S2/c1-27(23,24)21-15-7-3-6-13-16(22)9-8-14(17(13)15)20-19-11-4-2-5-12(10-11)28(18,25)26/h2-10,21-22H,1H3. The highest BCUT2D eigenvalue weighted by Gasteiger charge is 2.13. The van der Waals surface area contributed by atoms with Crippen molar-refractivity contribution < 1.29 is 21.9 Å². The summed E-state index contributed by atoms with van der Waals surface area (Å²) in [4.78, 5) is -0.124. The molecule has 3 rings (SSSR count). The van der Waals surface area contributed by atoms with E-state index in [1.54, 1.807) is 12.1 Å². The Labute approximate surface area is 166 Å². The van der Waals surface area contributed by atoms with Crippen LogP contribution in [0.15, 0.2) is 69.7 Å². The van der Waals surface area contributed by atoms with E-state index >= 15 is 0 Å². The van der Waals surface area contributed by atoms with Gasteiger partial charge in [-0.2, -0.15) is 5.11 Å². The Morgan fingerprint density at radius 3 is 2.36 bits per heavy atom. The van der Waals surface area contributed by atoms with Gasteiger partial charge < -0.3 is 5.11 Å². The second-order valence-electron chi connectivity index (χ2n) is 5.84. The molecule has 28 heavy (non-hydrogen) atoms. The van der Waals surface area contributed by atoms with Gasteiger partial charge in [-0.25, -0.2) is 16.8 Å². The second kappa shape index (κ2) is 7.38. The average Bonchev–Trinajstić information content (AvgIpc) is 2.60. The number of nitrogens with zero attached hydrogens (tertiary/aromatic N) is 2. The Hall–Kier alpha value is -2.69. The second-order valence-corrected chi connectivity index (χ2v) is 10.2. The molecule has 3 aromatic rings. The number of hydrogen-bond donors (Lipinski definition) is 2. The zero-order valence-electron chi connectivity index (χ0n) is 14.4. The van der Waals surface area contributed by atoms with Gasteiger partial charge in [0, 0.05) is 21.5 Å². The number of aromatic hydroxyl groups is 1. The lowest BCUT2D eigenvalue weighted by atomic mass is 10.1. The van der Waals surface area contributed by atoms with Crippen LogP contribution in [0.3, 0.4) is 0 Å². The molecule has 0 bridgehead atoms. The van der Waals surface area contributed by atoms with Crippen LogP contribution in [0.5, 0.6) is 5.75 Å². The van der Waals surface area contributed by atoms with Gasteiger partial charge in [0.25, 0.3) is 9.05 Å². The number of fused-ring (bicyclic) bond motifs is 1. The molecular weight excluding hydrogens is 426 g/mol. The van der Waals surface area contributed by atoms with Crippen LogP contribution >= 0.6 is 10.7 Å². The summed E-state index contributed by atoms with van der Waals surface area (Å²) in [6, 6.07) is 13.2. The Kier molecular flexibility index (Phi) is 5.28. The zero-order valence-corrected chi connectivity index (χ0v) is 16.8. The van der Waals surface area contributed by atoms with Gasteiger partial charge in [0.1, 0.15) is 5.75 Å². The number of anilines is 1. The van der Waals surface area contributed by atoms with Crippen LogP contribution in [0.1, 0.15) is 0 Å². The minimum Gasteiger partial charge on any atom is -0.507 e. The number of sulfonamides is 1. The molecule has 0 saturated carbocycles. The lowest BCUT2D eigenvalue weighted by molar-refractivity contribution is 0.481. The van der Waals surface area contributed by atoms with E-state index in [1.165, 1.54) is 42.5 Å². The molecule has 0 amide bonds. The van der Waals surface area contributed by atoms with Crippen molar-refractivity contribution in [3.05, 3.63) is 54.6 Å². The summed E-state index contributed by atoms with van der Waals surface area (Å²) >= 11 is 0. The SMILES string of the molecule is CS(=O)(=O)Nc1cccc2c(O)ccc(N=Nc3cccc(S(=O)(=O)Cl)c3)c12. The summed E-state index contributed by atoms with van der Waals surface area (Å²) in [5.74, 6) is -0.0543. The zero-order chi connectivity index (χ0) is 20.5. The first kappa shape index (κ1) is 20.1. The Bertz CT molecular complexity index is 1310. The van der Waals surface area contributed by atoms with Gasteiger partial charge in [-0.1, -0.05) is 18.2 Å². The number of nitrogens with one attached hydrogen (secondary N) is 1. The molecule has 8 nitrogen and oxygen atoms in total. The number of phenols is 1. The van der Waals surface area contributed by atoms with Gasteiger partial charge in [0.05, 0.1) is 28.2 Å². The van der Waals surface area contributed by atoms with E-state index in [0.29, 0.717) is 10.8 Å². The molecule has 0 unspecified atom stereocenters. The van der Waals surface area contributed by atoms with Crippen molar-refractivity contribution in [3.8, 4) is 5.75 Å². The predicted octanol–water partition coefficient (Wildman–Crippen LogP) is 4.26. The third-order valence-corrected chi connectivity index (χ3v) is 5.61. The molecular formula is C17H14ClN3O5S2. The normalized spacial score (nSPS) is 12.5. The van der Waals surface area contributed by atoms with Gasteiger partial charge in [-0.05, 0) is 36.4 Å². The number of phenolic OH excluding ortho intramolecular Hbond substituents is 1. The molecule has 0 radical (unpaired) electrons. The largest absolute Gasteiger partial charge is 0.507 e. The Morgan fingerprint density at radius 2 is 1.68 bits per heavy atom. The number of benzene rings is 3. The van der Waals surface area contributed by atoms with E-state index in [0.717, 1.165) is 6.26 Å². The van der Waals surface area contributed by atoms with Crippen LogP contribution in [0.2, 0.25) is 0 Å². The highest BCUT2D eigenvalue weighted by atomic mass is 35.7. The monoisotopic (exact) mass is 439 g/mol. The molecule has 2 N–H and O–H groups in total. The maximum Gasteiger partial charge on any atom is 0.261 e. The number of halogens is 1. The van der Waals surface area contributed by atoms with E-state index in [1.807, 2.05) is 0 Å². The van der Waals surface area contributed by atoms with E-state index in [4.69, 9.17) is 10.7 Å². The Balaban J connectivity index is 2.14. The fourth-order valence-corrected chi connectivity index (χ4v) is 3.91. The van der Waals surface area contributed by atoms with Crippen molar-refractivity contribution in [2.45, 2.75) is 4.90 Å². The number of rotatable bonds is 5. The van der Waals surface area contributed by atoms with Gasteiger partial charge >= 0.3 is 0 Å². The quantitative estimate of drug-likeness (QED) is 0.453. The van der Waals surface area contributed by atoms with Crippen molar-refractivity contribution in [1.29, 1.82) is 0 Å². The highest BCUT2D eigenvalue weighted by molar-refractivity contribution is 8.13. The van der Waals surface area contributed by atoms with Crippen LogP contribution in [0.25, 0.3) is 10.8 Å². The topological polar surface area (TPSA) is 125 Å². The molecule has 146 valence electrons. The summed E-state index contributed by atoms with van der Waals surface area (Å²) < 4.78 is 48.6. The first-order chi connectivity index (χ1) is 13.0. The van der Waals surface area contributed by atoms with E-state index in [-0.39, 0.29) is 27.7 Å². The van der Waals surface area contributed by atoms with Crippen molar-refractivity contribution in [3.63, 3.8) is 0 Å². The van der Waals surface area contributed by atoms with Gasteiger partial charge in [0.15, 0.2) is 0 Å². The van der Waals surface area contributed by atoms with Gasteiger partial charge in [-0.3, -0.25) is 4.72 Å². The molecule has 0 aliphatic rings. The molecule has 0 spiro atoms. The molecule has 11 heteroatoms. The summed E-state index contributed by atoms with van der Waals surface area (Å²) in [5, 5.41) is 18.9. The number of hydrogen-bond acceptors (Lipinski definition) is 7. The molecule has 0 aliphatic heterocycles. The molecule has 0 atom stereocenters. The molecule has 0 fully saturated rings. The van der Waals surface area contributed by atoms with Crippen LogP contribution in [0, 0.1) is 0 Å². The minimum absolute atomic E-state index is 0.0543. The minimum atomic E-state index is -3.91. The van der Waals surface area contributed by atoms with Crippen molar-refractivity contribution in [1.82, 2.24) is 0 Å². The Morgan fingerprint density at radius 1 is 0.964 bits per heavy atom. The van der Waals surface area contributed by atoms with Crippen molar-refractivity contribution in [2.75, 3.05) is 11.0 Å². The third-order valence-electron chi connectivity index (χ3n) is 3.66. The van der Waals surface area contributed by atoms with Crippen LogP contribution in [-0.4, -0.2) is 28.2 Å². The fourth-order valence-electron chi connectivity index (χ4n) is 2.55. The van der Waals surface area contributed by atoms with Crippen molar-refractivity contribution in [2.24, 2.45) is 10.2 Å². The lowest BCUT2D eigenvalue weighted by Crippen LogP contribution is -2.09. The summed E-state index contributed by atoms with van der Waals surface area (Å²) in [5.41, 5.74) is 0.733. The fraction of sp³-hybridized carbons (Fsp3) is 0.0588. The molecule has 0 saturated heterocycles. The molecule has 0 heterocycles. The van der Waals surface area contributed by atoms with Crippen LogP contribution in [-0.2, 0) is 19.1 Å². The summed E-state index contributed by atoms with van der Waals surface area (Å²) in [7, 11) is -2.15. The van der Waals surface area contributed by atoms with Gasteiger partial charge in [0.2, 0.25) is 10.0 Å².